The monoisotopic (exact) mass is 279 g/mol. The maximum Gasteiger partial charge on any atom is 0.124 e. The smallest absolute Gasteiger partial charge is 0.124 e. The Hall–Kier alpha value is -1.26. The first-order valence-corrected chi connectivity index (χ1v) is 7.39. The number of rotatable bonds is 7. The molecular formula is C15H18FNOS. The lowest BCUT2D eigenvalue weighted by molar-refractivity contribution is 0.547. The lowest BCUT2D eigenvalue weighted by Gasteiger charge is -2.16. The number of hydrogen-bond donors (Lipinski definition) is 1. The zero-order chi connectivity index (χ0) is 13.5. The second kappa shape index (κ2) is 7.36. The van der Waals surface area contributed by atoms with Gasteiger partial charge in [0.05, 0.1) is 12.5 Å². The average Bonchev–Trinajstić information content (AvgIpc) is 2.89. The fourth-order valence-electron chi connectivity index (χ4n) is 1.93. The van der Waals surface area contributed by atoms with Crippen molar-refractivity contribution in [3.05, 3.63) is 54.2 Å². The zero-order valence-electron chi connectivity index (χ0n) is 10.9. The van der Waals surface area contributed by atoms with Gasteiger partial charge in [0.2, 0.25) is 0 Å². The zero-order valence-corrected chi connectivity index (χ0v) is 11.8. The summed E-state index contributed by atoms with van der Waals surface area (Å²) in [5, 5.41) is 3.45. The van der Waals surface area contributed by atoms with Crippen molar-refractivity contribution in [1.29, 1.82) is 0 Å². The minimum atomic E-state index is -0.181. The number of furan rings is 1. The van der Waals surface area contributed by atoms with E-state index in [1.54, 1.807) is 36.4 Å². The summed E-state index contributed by atoms with van der Waals surface area (Å²) in [5.74, 6) is 0.725. The highest BCUT2D eigenvalue weighted by Crippen LogP contribution is 2.20. The Kier molecular flexibility index (Phi) is 5.48. The van der Waals surface area contributed by atoms with Crippen molar-refractivity contribution in [2.45, 2.75) is 24.3 Å². The molecule has 0 aliphatic heterocycles. The molecule has 102 valence electrons. The molecule has 1 aromatic heterocycles. The molecule has 0 aliphatic carbocycles. The summed E-state index contributed by atoms with van der Waals surface area (Å²) < 4.78 is 18.2. The first-order chi connectivity index (χ1) is 9.28. The van der Waals surface area contributed by atoms with Gasteiger partial charge >= 0.3 is 0 Å². The predicted molar refractivity (Wildman–Crippen MR) is 77.0 cm³/mol. The van der Waals surface area contributed by atoms with Crippen molar-refractivity contribution >= 4 is 11.8 Å². The van der Waals surface area contributed by atoms with Crippen LogP contribution in [0.5, 0.6) is 0 Å². The van der Waals surface area contributed by atoms with Crippen LogP contribution in [0.15, 0.2) is 52.2 Å². The van der Waals surface area contributed by atoms with Crippen LogP contribution in [-0.4, -0.2) is 18.3 Å². The molecule has 1 aromatic carbocycles. The van der Waals surface area contributed by atoms with E-state index in [-0.39, 0.29) is 5.82 Å². The number of likely N-dealkylation sites (N-methyl/N-ethyl adjacent to an activating group) is 1. The highest BCUT2D eigenvalue weighted by Gasteiger charge is 2.10. The predicted octanol–water partition coefficient (Wildman–Crippen LogP) is 3.73. The van der Waals surface area contributed by atoms with Gasteiger partial charge in [-0.25, -0.2) is 4.39 Å². The Labute approximate surface area is 117 Å². The third-order valence-corrected chi connectivity index (χ3v) is 3.96. The van der Waals surface area contributed by atoms with Crippen LogP contribution in [0.2, 0.25) is 0 Å². The molecule has 2 nitrogen and oxygen atoms in total. The fraction of sp³-hybridized carbons (Fsp3) is 0.333. The molecule has 0 radical (unpaired) electrons. The summed E-state index contributed by atoms with van der Waals surface area (Å²) in [7, 11) is 0. The van der Waals surface area contributed by atoms with Crippen molar-refractivity contribution < 1.29 is 8.81 Å². The second-order valence-corrected chi connectivity index (χ2v) is 5.45. The summed E-state index contributed by atoms with van der Waals surface area (Å²) >= 11 is 1.67. The topological polar surface area (TPSA) is 25.2 Å². The minimum absolute atomic E-state index is 0.181. The van der Waals surface area contributed by atoms with Crippen molar-refractivity contribution in [3.8, 4) is 0 Å². The van der Waals surface area contributed by atoms with Crippen LogP contribution in [0, 0.1) is 5.82 Å². The maximum atomic E-state index is 13.1. The highest BCUT2D eigenvalue weighted by atomic mass is 32.2. The first kappa shape index (κ1) is 14.2. The molecule has 0 amide bonds. The van der Waals surface area contributed by atoms with Crippen LogP contribution in [-0.2, 0) is 6.42 Å². The Morgan fingerprint density at radius 1 is 1.37 bits per heavy atom. The minimum Gasteiger partial charge on any atom is -0.472 e. The summed E-state index contributed by atoms with van der Waals surface area (Å²) in [5.41, 5.74) is 1.19. The van der Waals surface area contributed by atoms with E-state index >= 15 is 0 Å². The molecular weight excluding hydrogens is 261 g/mol. The van der Waals surface area contributed by atoms with Crippen molar-refractivity contribution in [1.82, 2.24) is 5.32 Å². The van der Waals surface area contributed by atoms with Crippen LogP contribution in [0.25, 0.3) is 0 Å². The normalized spacial score (nSPS) is 12.5. The van der Waals surface area contributed by atoms with Crippen LogP contribution in [0.4, 0.5) is 4.39 Å². The number of thioether (sulfide) groups is 1. The molecule has 0 bridgehead atoms. The highest BCUT2D eigenvalue weighted by molar-refractivity contribution is 7.99. The van der Waals surface area contributed by atoms with Gasteiger partial charge in [-0.2, -0.15) is 0 Å². The fourth-order valence-corrected chi connectivity index (χ4v) is 2.93. The van der Waals surface area contributed by atoms with Gasteiger partial charge in [0.15, 0.2) is 0 Å². The van der Waals surface area contributed by atoms with Crippen LogP contribution in [0.1, 0.15) is 12.5 Å². The Morgan fingerprint density at radius 2 is 2.26 bits per heavy atom. The molecule has 1 N–H and O–H groups in total. The van der Waals surface area contributed by atoms with Crippen molar-refractivity contribution in [2.75, 3.05) is 12.3 Å². The molecule has 0 saturated carbocycles. The molecule has 1 atom stereocenters. The van der Waals surface area contributed by atoms with E-state index < -0.39 is 0 Å². The Balaban J connectivity index is 1.89. The molecule has 0 aliphatic rings. The van der Waals surface area contributed by atoms with Gasteiger partial charge in [-0.15, -0.1) is 11.8 Å². The largest absolute Gasteiger partial charge is 0.472 e. The van der Waals surface area contributed by atoms with Gasteiger partial charge in [0.1, 0.15) is 5.82 Å². The Bertz CT molecular complexity index is 487. The summed E-state index contributed by atoms with van der Waals surface area (Å²) in [6, 6.07) is 9.07. The molecule has 0 spiro atoms. The van der Waals surface area contributed by atoms with Gasteiger partial charge in [-0.3, -0.25) is 0 Å². The van der Waals surface area contributed by atoms with Gasteiger partial charge < -0.3 is 9.73 Å². The van der Waals surface area contributed by atoms with E-state index in [0.717, 1.165) is 23.6 Å². The molecule has 0 saturated heterocycles. The molecule has 1 unspecified atom stereocenters. The average molecular weight is 279 g/mol. The van der Waals surface area contributed by atoms with Crippen molar-refractivity contribution in [3.63, 3.8) is 0 Å². The maximum absolute atomic E-state index is 13.1. The first-order valence-electron chi connectivity index (χ1n) is 6.40. The van der Waals surface area contributed by atoms with E-state index in [0.29, 0.717) is 6.04 Å². The second-order valence-electron chi connectivity index (χ2n) is 4.36. The molecule has 0 fully saturated rings. The van der Waals surface area contributed by atoms with E-state index in [1.807, 2.05) is 12.1 Å². The van der Waals surface area contributed by atoms with Crippen LogP contribution < -0.4 is 5.32 Å². The number of halogens is 1. The third kappa shape index (κ3) is 4.73. The van der Waals surface area contributed by atoms with Crippen molar-refractivity contribution in [2.24, 2.45) is 0 Å². The molecule has 2 rings (SSSR count). The standard InChI is InChI=1S/C15H18FNOS/c1-2-17-14(8-12-6-7-18-10-12)11-19-15-5-3-4-13(16)9-15/h3-7,9-10,14,17H,2,8,11H2,1H3. The van der Waals surface area contributed by atoms with Gasteiger partial charge in [-0.1, -0.05) is 13.0 Å². The quantitative estimate of drug-likeness (QED) is 0.782. The number of benzene rings is 1. The van der Waals surface area contributed by atoms with Gasteiger partial charge in [0.25, 0.3) is 0 Å². The molecule has 19 heavy (non-hydrogen) atoms. The number of nitrogens with one attached hydrogen (secondary N) is 1. The Morgan fingerprint density at radius 3 is 2.95 bits per heavy atom. The summed E-state index contributed by atoms with van der Waals surface area (Å²) in [6.07, 6.45) is 4.39. The van der Waals surface area contributed by atoms with E-state index in [2.05, 4.69) is 12.2 Å². The number of hydrogen-bond acceptors (Lipinski definition) is 3. The van der Waals surface area contributed by atoms with Gasteiger partial charge in [0, 0.05) is 16.7 Å². The molecule has 1 heterocycles. The molecule has 4 heteroatoms. The molecule has 2 aromatic rings. The van der Waals surface area contributed by atoms with Crippen LogP contribution >= 0.6 is 11.8 Å². The lowest BCUT2D eigenvalue weighted by Crippen LogP contribution is -2.33. The third-order valence-electron chi connectivity index (χ3n) is 2.80. The summed E-state index contributed by atoms with van der Waals surface area (Å²) in [4.78, 5) is 0.968. The summed E-state index contributed by atoms with van der Waals surface area (Å²) in [6.45, 7) is 3.02. The van der Waals surface area contributed by atoms with E-state index in [9.17, 15) is 4.39 Å². The van der Waals surface area contributed by atoms with Crippen LogP contribution in [0.3, 0.4) is 0 Å². The lowest BCUT2D eigenvalue weighted by atomic mass is 10.1. The SMILES string of the molecule is CCNC(CSc1cccc(F)c1)Cc1ccoc1. The van der Waals surface area contributed by atoms with E-state index in [4.69, 9.17) is 4.42 Å². The van der Waals surface area contributed by atoms with E-state index in [1.165, 1.54) is 11.6 Å². The van der Waals surface area contributed by atoms with Gasteiger partial charge in [-0.05, 0) is 42.8 Å².